The first-order valence-electron chi connectivity index (χ1n) is 5.53. The van der Waals surface area contributed by atoms with E-state index in [0.29, 0.717) is 17.6 Å². The van der Waals surface area contributed by atoms with Crippen LogP contribution in [-0.2, 0) is 0 Å². The monoisotopic (exact) mass is 319 g/mol. The van der Waals surface area contributed by atoms with Gasteiger partial charge < -0.3 is 4.90 Å². The summed E-state index contributed by atoms with van der Waals surface area (Å²) in [6.45, 7) is 1.41. The van der Waals surface area contributed by atoms with Crippen LogP contribution in [0.15, 0.2) is 16.6 Å². The van der Waals surface area contributed by atoms with E-state index in [2.05, 4.69) is 15.9 Å². The number of piperidine rings is 1. The zero-order valence-electron chi connectivity index (χ0n) is 9.18. The molecule has 0 bridgehead atoms. The highest BCUT2D eigenvalue weighted by atomic mass is 79.9. The maximum Gasteiger partial charge on any atom is 0.256 e. The van der Waals surface area contributed by atoms with Gasteiger partial charge in [0.25, 0.3) is 5.91 Å². The standard InChI is InChI=1S/C12H12BrClFNO/c13-9-6-8(11(15)7-10(9)14)12(17)16-4-2-1-3-5-16/h6-7H,1-5H2. The average molecular weight is 321 g/mol. The van der Waals surface area contributed by atoms with Crippen molar-refractivity contribution in [2.24, 2.45) is 0 Å². The highest BCUT2D eigenvalue weighted by molar-refractivity contribution is 9.10. The van der Waals surface area contributed by atoms with Gasteiger partial charge in [-0.25, -0.2) is 4.39 Å². The lowest BCUT2D eigenvalue weighted by molar-refractivity contribution is 0.0719. The number of hydrogen-bond donors (Lipinski definition) is 0. The third-order valence-electron chi connectivity index (χ3n) is 2.88. The van der Waals surface area contributed by atoms with E-state index in [9.17, 15) is 9.18 Å². The number of halogens is 3. The minimum absolute atomic E-state index is 0.0863. The maximum atomic E-state index is 13.7. The largest absolute Gasteiger partial charge is 0.339 e. The first-order valence-corrected chi connectivity index (χ1v) is 6.70. The predicted molar refractivity (Wildman–Crippen MR) is 68.9 cm³/mol. The number of amides is 1. The minimum atomic E-state index is -0.561. The van der Waals surface area contributed by atoms with Crippen molar-refractivity contribution in [1.29, 1.82) is 0 Å². The number of benzene rings is 1. The summed E-state index contributed by atoms with van der Waals surface area (Å²) in [6, 6.07) is 2.62. The molecule has 1 aromatic rings. The smallest absolute Gasteiger partial charge is 0.256 e. The first-order chi connectivity index (χ1) is 8.09. The number of carbonyl (C=O) groups excluding carboxylic acids is 1. The molecule has 92 valence electrons. The van der Waals surface area contributed by atoms with Crippen LogP contribution in [0.3, 0.4) is 0 Å². The Morgan fingerprint density at radius 3 is 2.59 bits per heavy atom. The number of hydrogen-bond acceptors (Lipinski definition) is 1. The van der Waals surface area contributed by atoms with Gasteiger partial charge in [-0.15, -0.1) is 0 Å². The topological polar surface area (TPSA) is 20.3 Å². The first kappa shape index (κ1) is 12.8. The van der Waals surface area contributed by atoms with Gasteiger partial charge in [0.2, 0.25) is 0 Å². The zero-order valence-corrected chi connectivity index (χ0v) is 11.5. The van der Waals surface area contributed by atoms with Crippen molar-refractivity contribution < 1.29 is 9.18 Å². The van der Waals surface area contributed by atoms with Crippen molar-refractivity contribution in [3.63, 3.8) is 0 Å². The summed E-state index contributed by atoms with van der Waals surface area (Å²) in [5, 5.41) is 0.276. The fourth-order valence-electron chi connectivity index (χ4n) is 1.95. The summed E-state index contributed by atoms with van der Waals surface area (Å²) in [5.74, 6) is -0.812. The molecule has 1 amide bonds. The molecule has 2 rings (SSSR count). The molecule has 0 radical (unpaired) electrons. The predicted octanol–water partition coefficient (Wildman–Crippen LogP) is 3.87. The Morgan fingerprint density at radius 1 is 1.29 bits per heavy atom. The summed E-state index contributed by atoms with van der Waals surface area (Å²) in [4.78, 5) is 13.8. The lowest BCUT2D eigenvalue weighted by Gasteiger charge is -2.27. The third-order valence-corrected chi connectivity index (χ3v) is 4.08. The van der Waals surface area contributed by atoms with Gasteiger partial charge in [0.1, 0.15) is 5.82 Å². The summed E-state index contributed by atoms with van der Waals surface area (Å²) in [7, 11) is 0. The molecule has 0 N–H and O–H groups in total. The van der Waals surface area contributed by atoms with Gasteiger partial charge >= 0.3 is 0 Å². The highest BCUT2D eigenvalue weighted by Crippen LogP contribution is 2.27. The van der Waals surface area contributed by atoms with E-state index < -0.39 is 5.82 Å². The molecule has 1 aliphatic heterocycles. The van der Waals surface area contributed by atoms with E-state index in [4.69, 9.17) is 11.6 Å². The Morgan fingerprint density at radius 2 is 1.94 bits per heavy atom. The van der Waals surface area contributed by atoms with Crippen LogP contribution in [0.2, 0.25) is 5.02 Å². The van der Waals surface area contributed by atoms with Gasteiger partial charge in [0, 0.05) is 17.6 Å². The van der Waals surface area contributed by atoms with Crippen LogP contribution in [0.5, 0.6) is 0 Å². The molecule has 0 saturated carbocycles. The Kier molecular flexibility index (Phi) is 4.05. The molecule has 0 aromatic heterocycles. The Labute approximate surface area is 113 Å². The Balaban J connectivity index is 2.26. The molecule has 0 unspecified atom stereocenters. The van der Waals surface area contributed by atoms with Crippen molar-refractivity contribution in [2.45, 2.75) is 19.3 Å². The molecular formula is C12H12BrClFNO. The van der Waals surface area contributed by atoms with Crippen molar-refractivity contribution in [1.82, 2.24) is 4.90 Å². The molecule has 1 saturated heterocycles. The van der Waals surface area contributed by atoms with E-state index in [0.717, 1.165) is 19.3 Å². The molecule has 0 atom stereocenters. The van der Waals surface area contributed by atoms with Crippen molar-refractivity contribution in [2.75, 3.05) is 13.1 Å². The minimum Gasteiger partial charge on any atom is -0.339 e. The number of carbonyl (C=O) groups is 1. The number of nitrogens with zero attached hydrogens (tertiary/aromatic N) is 1. The summed E-state index contributed by atoms with van der Waals surface area (Å²) in [6.07, 6.45) is 3.11. The summed E-state index contributed by atoms with van der Waals surface area (Å²) in [5.41, 5.74) is 0.0863. The van der Waals surface area contributed by atoms with Crippen LogP contribution in [0, 0.1) is 5.82 Å². The van der Waals surface area contributed by atoms with Crippen molar-refractivity contribution >= 4 is 33.4 Å². The van der Waals surface area contributed by atoms with Gasteiger partial charge in [-0.3, -0.25) is 4.79 Å². The van der Waals surface area contributed by atoms with Crippen LogP contribution < -0.4 is 0 Å². The van der Waals surface area contributed by atoms with E-state index in [1.165, 1.54) is 12.1 Å². The average Bonchev–Trinajstić information content (AvgIpc) is 2.34. The van der Waals surface area contributed by atoms with Gasteiger partial charge in [0.05, 0.1) is 10.6 Å². The van der Waals surface area contributed by atoms with Crippen LogP contribution in [0.25, 0.3) is 0 Å². The molecule has 2 nitrogen and oxygen atoms in total. The molecule has 5 heteroatoms. The second kappa shape index (κ2) is 5.36. The molecule has 1 heterocycles. The van der Waals surface area contributed by atoms with Crippen LogP contribution in [-0.4, -0.2) is 23.9 Å². The zero-order chi connectivity index (χ0) is 12.4. The lowest BCUT2D eigenvalue weighted by Crippen LogP contribution is -2.36. The molecule has 1 aromatic carbocycles. The lowest BCUT2D eigenvalue weighted by atomic mass is 10.1. The molecular weight excluding hydrogens is 308 g/mol. The molecule has 17 heavy (non-hydrogen) atoms. The molecule has 1 fully saturated rings. The fraction of sp³-hybridized carbons (Fsp3) is 0.417. The Hall–Kier alpha value is -0.610. The van der Waals surface area contributed by atoms with Gasteiger partial charge in [0.15, 0.2) is 0 Å². The van der Waals surface area contributed by atoms with Crippen LogP contribution in [0.1, 0.15) is 29.6 Å². The molecule has 0 spiro atoms. The second-order valence-corrected chi connectivity index (χ2v) is 5.36. The van der Waals surface area contributed by atoms with E-state index in [-0.39, 0.29) is 16.5 Å². The quantitative estimate of drug-likeness (QED) is 0.719. The molecule has 0 aliphatic carbocycles. The normalized spacial score (nSPS) is 16.1. The van der Waals surface area contributed by atoms with Gasteiger partial charge in [-0.2, -0.15) is 0 Å². The number of rotatable bonds is 1. The van der Waals surface area contributed by atoms with E-state index >= 15 is 0 Å². The second-order valence-electron chi connectivity index (χ2n) is 4.10. The van der Waals surface area contributed by atoms with E-state index in [1.54, 1.807) is 4.90 Å². The highest BCUT2D eigenvalue weighted by Gasteiger charge is 2.22. The fourth-order valence-corrected chi connectivity index (χ4v) is 2.45. The van der Waals surface area contributed by atoms with Crippen LogP contribution >= 0.6 is 27.5 Å². The van der Waals surface area contributed by atoms with Crippen LogP contribution in [0.4, 0.5) is 4.39 Å². The Bertz CT molecular complexity index is 446. The SMILES string of the molecule is O=C(c1cc(Br)c(Cl)cc1F)N1CCCCC1. The third kappa shape index (κ3) is 2.80. The number of likely N-dealkylation sites (tertiary alicyclic amines) is 1. The van der Waals surface area contributed by atoms with Crippen molar-refractivity contribution in [3.8, 4) is 0 Å². The van der Waals surface area contributed by atoms with Crippen molar-refractivity contribution in [3.05, 3.63) is 33.0 Å². The van der Waals surface area contributed by atoms with Gasteiger partial charge in [-0.05, 0) is 47.3 Å². The summed E-state index contributed by atoms with van der Waals surface area (Å²) < 4.78 is 14.2. The van der Waals surface area contributed by atoms with Gasteiger partial charge in [-0.1, -0.05) is 11.6 Å². The molecule has 1 aliphatic rings. The van der Waals surface area contributed by atoms with E-state index in [1.807, 2.05) is 0 Å². The maximum absolute atomic E-state index is 13.7. The summed E-state index contributed by atoms with van der Waals surface area (Å²) >= 11 is 8.97.